The van der Waals surface area contributed by atoms with Crippen LogP contribution < -0.4 is 0 Å². The van der Waals surface area contributed by atoms with Gasteiger partial charge in [0.2, 0.25) is 5.89 Å². The first-order chi connectivity index (χ1) is 7.69. The molecule has 0 saturated carbocycles. The minimum atomic E-state index is 0.0521. The fourth-order valence-corrected chi connectivity index (χ4v) is 1.41. The molecule has 0 amide bonds. The maximum Gasteiger partial charge on any atom is 0.229 e. The molecule has 0 atom stereocenters. The summed E-state index contributed by atoms with van der Waals surface area (Å²) in [5, 5.41) is 12.8. The van der Waals surface area contributed by atoms with Gasteiger partial charge in [-0.2, -0.15) is 4.98 Å². The number of rotatable bonds is 4. The molecule has 86 valence electrons. The number of aromatic nitrogens is 3. The highest BCUT2D eigenvalue weighted by Gasteiger charge is 2.09. The van der Waals surface area contributed by atoms with E-state index in [-0.39, 0.29) is 12.5 Å². The molecule has 0 unspecified atom stereocenters. The lowest BCUT2D eigenvalue weighted by Crippen LogP contribution is -1.99. The maximum absolute atomic E-state index is 8.93. The van der Waals surface area contributed by atoms with Gasteiger partial charge in [0.15, 0.2) is 5.82 Å². The molecule has 5 nitrogen and oxygen atoms in total. The first kappa shape index (κ1) is 10.9. The van der Waals surface area contributed by atoms with E-state index in [2.05, 4.69) is 10.1 Å². The normalized spacial score (nSPS) is 11.2. The van der Waals surface area contributed by atoms with Crippen LogP contribution in [0.25, 0.3) is 0 Å². The summed E-state index contributed by atoms with van der Waals surface area (Å²) in [6, 6.07) is 1.86. The Morgan fingerprint density at radius 2 is 2.31 bits per heavy atom. The van der Waals surface area contributed by atoms with Crippen molar-refractivity contribution in [3.05, 3.63) is 35.7 Å². The molecule has 2 rings (SSSR count). The van der Waals surface area contributed by atoms with Crippen molar-refractivity contribution in [1.29, 1.82) is 0 Å². The first-order valence-electron chi connectivity index (χ1n) is 5.27. The SMILES string of the molecule is CC(C)c1nc(Cn2ccc(CO)c2)no1. The van der Waals surface area contributed by atoms with E-state index < -0.39 is 0 Å². The number of nitrogens with zero attached hydrogens (tertiary/aromatic N) is 3. The Bertz CT molecular complexity index is 459. The Hall–Kier alpha value is -1.62. The van der Waals surface area contributed by atoms with Crippen molar-refractivity contribution < 1.29 is 9.63 Å². The Morgan fingerprint density at radius 3 is 2.88 bits per heavy atom. The van der Waals surface area contributed by atoms with Crippen molar-refractivity contribution in [1.82, 2.24) is 14.7 Å². The lowest BCUT2D eigenvalue weighted by Gasteiger charge is -1.96. The van der Waals surface area contributed by atoms with Gasteiger partial charge in [0, 0.05) is 18.3 Å². The van der Waals surface area contributed by atoms with E-state index in [1.807, 2.05) is 36.9 Å². The standard InChI is InChI=1S/C11H15N3O2/c1-8(2)11-12-10(13-16-11)6-14-4-3-9(5-14)7-15/h3-5,8,15H,6-7H2,1-2H3. The molecule has 16 heavy (non-hydrogen) atoms. The average molecular weight is 221 g/mol. The fourth-order valence-electron chi connectivity index (χ4n) is 1.41. The van der Waals surface area contributed by atoms with Gasteiger partial charge in [-0.1, -0.05) is 19.0 Å². The molecule has 2 aromatic heterocycles. The Labute approximate surface area is 93.7 Å². The van der Waals surface area contributed by atoms with E-state index in [1.54, 1.807) is 0 Å². The van der Waals surface area contributed by atoms with Crippen LogP contribution in [0.2, 0.25) is 0 Å². The number of hydrogen-bond donors (Lipinski definition) is 1. The monoisotopic (exact) mass is 221 g/mol. The van der Waals surface area contributed by atoms with Crippen molar-refractivity contribution in [2.24, 2.45) is 0 Å². The predicted octanol–water partition coefficient (Wildman–Crippen LogP) is 1.54. The second-order valence-corrected chi connectivity index (χ2v) is 4.05. The highest BCUT2D eigenvalue weighted by atomic mass is 16.5. The molecule has 0 aliphatic rings. The highest BCUT2D eigenvalue weighted by Crippen LogP contribution is 2.11. The summed E-state index contributed by atoms with van der Waals surface area (Å²) in [5.41, 5.74) is 0.882. The Balaban J connectivity index is 2.08. The van der Waals surface area contributed by atoms with E-state index in [1.165, 1.54) is 0 Å². The molecule has 2 aromatic rings. The Kier molecular flexibility index (Phi) is 3.05. The van der Waals surface area contributed by atoms with Crippen molar-refractivity contribution in [2.75, 3.05) is 0 Å². The molecule has 2 heterocycles. The third-order valence-corrected chi connectivity index (χ3v) is 2.30. The molecule has 0 saturated heterocycles. The molecule has 0 spiro atoms. The van der Waals surface area contributed by atoms with Gasteiger partial charge in [-0.25, -0.2) is 0 Å². The van der Waals surface area contributed by atoms with Gasteiger partial charge >= 0.3 is 0 Å². The summed E-state index contributed by atoms with van der Waals surface area (Å²) in [6.45, 7) is 4.64. The highest BCUT2D eigenvalue weighted by molar-refractivity contribution is 5.09. The van der Waals surface area contributed by atoms with E-state index in [0.29, 0.717) is 18.3 Å². The van der Waals surface area contributed by atoms with Crippen molar-refractivity contribution in [3.63, 3.8) is 0 Å². The van der Waals surface area contributed by atoms with E-state index >= 15 is 0 Å². The summed E-state index contributed by atoms with van der Waals surface area (Å²) < 4.78 is 7.02. The van der Waals surface area contributed by atoms with Gasteiger partial charge in [-0.15, -0.1) is 0 Å². The Morgan fingerprint density at radius 1 is 1.50 bits per heavy atom. The zero-order valence-electron chi connectivity index (χ0n) is 9.42. The molecule has 0 fully saturated rings. The molecular weight excluding hydrogens is 206 g/mol. The lowest BCUT2D eigenvalue weighted by molar-refractivity contribution is 0.281. The van der Waals surface area contributed by atoms with Crippen LogP contribution in [-0.4, -0.2) is 19.8 Å². The molecule has 0 aliphatic carbocycles. The quantitative estimate of drug-likeness (QED) is 0.850. The van der Waals surface area contributed by atoms with Crippen molar-refractivity contribution >= 4 is 0 Å². The van der Waals surface area contributed by atoms with Crippen LogP contribution in [0.1, 0.15) is 37.0 Å². The van der Waals surface area contributed by atoms with Crippen LogP contribution in [0.3, 0.4) is 0 Å². The van der Waals surface area contributed by atoms with Gasteiger partial charge in [-0.3, -0.25) is 0 Å². The number of aliphatic hydroxyl groups excluding tert-OH is 1. The second-order valence-electron chi connectivity index (χ2n) is 4.05. The molecule has 1 N–H and O–H groups in total. The van der Waals surface area contributed by atoms with E-state index in [0.717, 1.165) is 5.56 Å². The zero-order chi connectivity index (χ0) is 11.5. The zero-order valence-corrected chi connectivity index (χ0v) is 9.42. The average Bonchev–Trinajstić information content (AvgIpc) is 2.87. The molecule has 0 radical (unpaired) electrons. The molecular formula is C11H15N3O2. The molecule has 0 bridgehead atoms. The first-order valence-corrected chi connectivity index (χ1v) is 5.27. The molecule has 0 aromatic carbocycles. The summed E-state index contributed by atoms with van der Waals surface area (Å²) >= 11 is 0. The van der Waals surface area contributed by atoms with Crippen molar-refractivity contribution in [3.8, 4) is 0 Å². The van der Waals surface area contributed by atoms with E-state index in [9.17, 15) is 0 Å². The summed E-state index contributed by atoms with van der Waals surface area (Å²) in [6.07, 6.45) is 3.75. The maximum atomic E-state index is 8.93. The summed E-state index contributed by atoms with van der Waals surface area (Å²) in [7, 11) is 0. The summed E-state index contributed by atoms with van der Waals surface area (Å²) in [4.78, 5) is 4.28. The van der Waals surface area contributed by atoms with Gasteiger partial charge in [-0.05, 0) is 11.6 Å². The minimum absolute atomic E-state index is 0.0521. The van der Waals surface area contributed by atoms with Crippen LogP contribution in [0.15, 0.2) is 23.0 Å². The third-order valence-electron chi connectivity index (χ3n) is 2.30. The predicted molar refractivity (Wildman–Crippen MR) is 57.8 cm³/mol. The van der Waals surface area contributed by atoms with Gasteiger partial charge in [0.1, 0.15) is 0 Å². The number of aliphatic hydroxyl groups is 1. The van der Waals surface area contributed by atoms with Gasteiger partial charge in [0.25, 0.3) is 0 Å². The van der Waals surface area contributed by atoms with Gasteiger partial charge in [0.05, 0.1) is 13.2 Å². The van der Waals surface area contributed by atoms with Crippen LogP contribution in [0, 0.1) is 0 Å². The second kappa shape index (κ2) is 4.49. The smallest absolute Gasteiger partial charge is 0.229 e. The van der Waals surface area contributed by atoms with Gasteiger partial charge < -0.3 is 14.2 Å². The van der Waals surface area contributed by atoms with E-state index in [4.69, 9.17) is 9.63 Å². The topological polar surface area (TPSA) is 64.1 Å². The summed E-state index contributed by atoms with van der Waals surface area (Å²) in [5.74, 6) is 1.56. The number of hydrogen-bond acceptors (Lipinski definition) is 4. The third kappa shape index (κ3) is 2.30. The van der Waals surface area contributed by atoms with Crippen LogP contribution >= 0.6 is 0 Å². The van der Waals surface area contributed by atoms with Crippen LogP contribution in [0.5, 0.6) is 0 Å². The minimum Gasteiger partial charge on any atom is -0.392 e. The van der Waals surface area contributed by atoms with Crippen LogP contribution in [-0.2, 0) is 13.2 Å². The van der Waals surface area contributed by atoms with Crippen molar-refractivity contribution in [2.45, 2.75) is 32.9 Å². The molecule has 5 heteroatoms. The fraction of sp³-hybridized carbons (Fsp3) is 0.455. The van der Waals surface area contributed by atoms with Crippen LogP contribution in [0.4, 0.5) is 0 Å². The lowest BCUT2D eigenvalue weighted by atomic mass is 10.2. The molecule has 0 aliphatic heterocycles. The largest absolute Gasteiger partial charge is 0.392 e.